The van der Waals surface area contributed by atoms with Gasteiger partial charge < -0.3 is 9.47 Å². The van der Waals surface area contributed by atoms with Crippen LogP contribution in [-0.2, 0) is 14.3 Å². The van der Waals surface area contributed by atoms with E-state index < -0.39 is 0 Å². The average molecular weight is 430 g/mol. The predicted molar refractivity (Wildman–Crippen MR) is 121 cm³/mol. The van der Waals surface area contributed by atoms with Gasteiger partial charge in [0.05, 0.1) is 18.1 Å². The second kappa shape index (κ2) is 9.89. The molecular weight excluding hydrogens is 406 g/mol. The van der Waals surface area contributed by atoms with Gasteiger partial charge in [0.2, 0.25) is 0 Å². The standard InChI is InChI=1S/C22H23NO4S2/c1-3-26-18-12-11-15-8-5-6-9-16(15)17(18)14-19-21(25)23(22(28)29-19)13-7-10-20(24)27-4-2/h5-6,8-9,11-12,14H,3-4,7,10,13H2,1-2H3/b19-14-. The van der Waals surface area contributed by atoms with Crippen LogP contribution in [0.3, 0.4) is 0 Å². The van der Waals surface area contributed by atoms with Crippen molar-refractivity contribution in [3.8, 4) is 5.75 Å². The van der Waals surface area contributed by atoms with Gasteiger partial charge in [-0.3, -0.25) is 14.5 Å². The molecule has 0 bridgehead atoms. The second-order valence-electron chi connectivity index (χ2n) is 6.37. The monoisotopic (exact) mass is 429 g/mol. The van der Waals surface area contributed by atoms with Gasteiger partial charge in [0.25, 0.3) is 5.91 Å². The Labute approximate surface area is 180 Å². The van der Waals surface area contributed by atoms with Gasteiger partial charge in [-0.25, -0.2) is 0 Å². The molecule has 5 nitrogen and oxygen atoms in total. The van der Waals surface area contributed by atoms with E-state index in [4.69, 9.17) is 21.7 Å². The van der Waals surface area contributed by atoms with Gasteiger partial charge in [0.1, 0.15) is 10.1 Å². The molecule has 0 aliphatic carbocycles. The first-order valence-corrected chi connectivity index (χ1v) is 10.8. The molecule has 1 aliphatic heterocycles. The average Bonchev–Trinajstić information content (AvgIpc) is 2.97. The summed E-state index contributed by atoms with van der Waals surface area (Å²) in [7, 11) is 0. The summed E-state index contributed by atoms with van der Waals surface area (Å²) in [6, 6.07) is 11.9. The molecular formula is C22H23NO4S2. The van der Waals surface area contributed by atoms with Crippen LogP contribution < -0.4 is 4.74 Å². The Morgan fingerprint density at radius 3 is 2.72 bits per heavy atom. The maximum Gasteiger partial charge on any atom is 0.305 e. The first kappa shape index (κ1) is 21.3. The fourth-order valence-corrected chi connectivity index (χ4v) is 4.43. The summed E-state index contributed by atoms with van der Waals surface area (Å²) >= 11 is 6.68. The number of benzene rings is 2. The van der Waals surface area contributed by atoms with Crippen molar-refractivity contribution < 1.29 is 19.1 Å². The molecule has 7 heteroatoms. The van der Waals surface area contributed by atoms with Crippen LogP contribution in [-0.4, -0.2) is 40.9 Å². The van der Waals surface area contributed by atoms with E-state index >= 15 is 0 Å². The number of hydrogen-bond acceptors (Lipinski definition) is 6. The van der Waals surface area contributed by atoms with Crippen molar-refractivity contribution in [2.45, 2.75) is 26.7 Å². The van der Waals surface area contributed by atoms with Gasteiger partial charge in [-0.05, 0) is 43.2 Å². The predicted octanol–water partition coefficient (Wildman–Crippen LogP) is 4.78. The Morgan fingerprint density at radius 1 is 1.17 bits per heavy atom. The fourth-order valence-electron chi connectivity index (χ4n) is 3.14. The van der Waals surface area contributed by atoms with Gasteiger partial charge >= 0.3 is 5.97 Å². The minimum Gasteiger partial charge on any atom is -0.493 e. The van der Waals surface area contributed by atoms with Crippen LogP contribution in [0.4, 0.5) is 0 Å². The number of esters is 1. The number of fused-ring (bicyclic) bond motifs is 1. The first-order valence-electron chi connectivity index (χ1n) is 9.60. The van der Waals surface area contributed by atoms with Crippen LogP contribution in [0.1, 0.15) is 32.3 Å². The highest BCUT2D eigenvalue weighted by molar-refractivity contribution is 8.26. The molecule has 0 N–H and O–H groups in total. The van der Waals surface area contributed by atoms with Crippen LogP contribution in [0, 0.1) is 0 Å². The molecule has 1 saturated heterocycles. The zero-order chi connectivity index (χ0) is 20.8. The number of hydrogen-bond donors (Lipinski definition) is 0. The maximum atomic E-state index is 12.9. The van der Waals surface area contributed by atoms with E-state index in [0.717, 1.165) is 22.1 Å². The molecule has 29 heavy (non-hydrogen) atoms. The second-order valence-corrected chi connectivity index (χ2v) is 8.05. The highest BCUT2D eigenvalue weighted by atomic mass is 32.2. The van der Waals surface area contributed by atoms with Gasteiger partial charge in [-0.2, -0.15) is 0 Å². The summed E-state index contributed by atoms with van der Waals surface area (Å²) < 4.78 is 11.2. The van der Waals surface area contributed by atoms with E-state index in [-0.39, 0.29) is 18.3 Å². The number of nitrogens with zero attached hydrogens (tertiary/aromatic N) is 1. The van der Waals surface area contributed by atoms with Crippen LogP contribution in [0.25, 0.3) is 16.8 Å². The molecule has 2 aromatic rings. The minimum absolute atomic E-state index is 0.140. The molecule has 1 amide bonds. The number of amides is 1. The highest BCUT2D eigenvalue weighted by Crippen LogP contribution is 2.37. The lowest BCUT2D eigenvalue weighted by molar-refractivity contribution is -0.143. The Hall–Kier alpha value is -2.38. The van der Waals surface area contributed by atoms with Crippen molar-refractivity contribution >= 4 is 57.0 Å². The van der Waals surface area contributed by atoms with Crippen LogP contribution >= 0.6 is 24.0 Å². The SMILES string of the molecule is CCOC(=O)CCCN1C(=O)/C(=C/c2c(OCC)ccc3ccccc23)SC1=S. The Morgan fingerprint density at radius 2 is 1.97 bits per heavy atom. The van der Waals surface area contributed by atoms with E-state index in [2.05, 4.69) is 0 Å². The third-order valence-corrected chi connectivity index (χ3v) is 5.83. The van der Waals surface area contributed by atoms with Crippen molar-refractivity contribution in [1.82, 2.24) is 4.90 Å². The van der Waals surface area contributed by atoms with E-state index in [1.807, 2.05) is 49.4 Å². The Balaban J connectivity index is 1.84. The van der Waals surface area contributed by atoms with Crippen molar-refractivity contribution in [3.63, 3.8) is 0 Å². The molecule has 0 unspecified atom stereocenters. The quantitative estimate of drug-likeness (QED) is 0.342. The summed E-state index contributed by atoms with van der Waals surface area (Å²) in [6.07, 6.45) is 2.64. The van der Waals surface area contributed by atoms with Crippen molar-refractivity contribution in [2.24, 2.45) is 0 Å². The highest BCUT2D eigenvalue weighted by Gasteiger charge is 2.32. The van der Waals surface area contributed by atoms with Gasteiger partial charge in [0.15, 0.2) is 0 Å². The molecule has 0 radical (unpaired) electrons. The van der Waals surface area contributed by atoms with Crippen LogP contribution in [0.15, 0.2) is 41.3 Å². The molecule has 0 aromatic heterocycles. The molecule has 1 fully saturated rings. The number of thioether (sulfide) groups is 1. The van der Waals surface area contributed by atoms with Crippen LogP contribution in [0.5, 0.6) is 5.75 Å². The maximum absolute atomic E-state index is 12.9. The molecule has 1 heterocycles. The molecule has 1 aliphatic rings. The lowest BCUT2D eigenvalue weighted by Gasteiger charge is -2.14. The largest absolute Gasteiger partial charge is 0.493 e. The number of rotatable bonds is 8. The van der Waals surface area contributed by atoms with Crippen LogP contribution in [0.2, 0.25) is 0 Å². The fraction of sp³-hybridized carbons (Fsp3) is 0.318. The first-order chi connectivity index (χ1) is 14.0. The topological polar surface area (TPSA) is 55.8 Å². The summed E-state index contributed by atoms with van der Waals surface area (Å²) in [4.78, 5) is 26.6. The minimum atomic E-state index is -0.259. The molecule has 3 rings (SSSR count). The van der Waals surface area contributed by atoms with E-state index in [9.17, 15) is 9.59 Å². The Bertz CT molecular complexity index is 970. The zero-order valence-corrected chi connectivity index (χ0v) is 18.1. The van der Waals surface area contributed by atoms with Gasteiger partial charge in [-0.1, -0.05) is 54.3 Å². The molecule has 0 spiro atoms. The molecule has 2 aromatic carbocycles. The van der Waals surface area contributed by atoms with E-state index in [1.165, 1.54) is 11.8 Å². The zero-order valence-electron chi connectivity index (χ0n) is 16.5. The van der Waals surface area contributed by atoms with E-state index in [0.29, 0.717) is 35.4 Å². The normalized spacial score (nSPS) is 15.4. The third kappa shape index (κ3) is 4.97. The number of thiocarbonyl (C=S) groups is 1. The summed E-state index contributed by atoms with van der Waals surface area (Å²) in [5.41, 5.74) is 0.872. The van der Waals surface area contributed by atoms with Crippen molar-refractivity contribution in [1.29, 1.82) is 0 Å². The molecule has 0 saturated carbocycles. The smallest absolute Gasteiger partial charge is 0.305 e. The summed E-state index contributed by atoms with van der Waals surface area (Å²) in [5, 5.41) is 2.10. The van der Waals surface area contributed by atoms with E-state index in [1.54, 1.807) is 11.8 Å². The number of ether oxygens (including phenoxy) is 2. The molecule has 152 valence electrons. The number of carbonyl (C=O) groups excluding carboxylic acids is 2. The van der Waals surface area contributed by atoms with Crippen molar-refractivity contribution in [3.05, 3.63) is 46.9 Å². The lowest BCUT2D eigenvalue weighted by atomic mass is 10.0. The lowest BCUT2D eigenvalue weighted by Crippen LogP contribution is -2.29. The number of carbonyl (C=O) groups is 2. The summed E-state index contributed by atoms with van der Waals surface area (Å²) in [6.45, 7) is 5.00. The van der Waals surface area contributed by atoms with Crippen molar-refractivity contribution in [2.75, 3.05) is 19.8 Å². The third-order valence-electron chi connectivity index (χ3n) is 4.45. The van der Waals surface area contributed by atoms with Gasteiger partial charge in [-0.15, -0.1) is 0 Å². The Kier molecular flexibility index (Phi) is 7.28. The summed E-state index contributed by atoms with van der Waals surface area (Å²) in [5.74, 6) is 0.337. The molecule has 0 atom stereocenters. The van der Waals surface area contributed by atoms with Gasteiger partial charge in [0, 0.05) is 18.5 Å².